The van der Waals surface area contributed by atoms with Gasteiger partial charge in [-0.3, -0.25) is 4.79 Å². The Bertz CT molecular complexity index is 717. The molecule has 0 spiro atoms. The summed E-state index contributed by atoms with van der Waals surface area (Å²) >= 11 is 0. The number of hydrogen-bond acceptors (Lipinski definition) is 5. The second-order valence-corrected chi connectivity index (χ2v) is 4.65. The first-order valence-electron chi connectivity index (χ1n) is 7.15. The summed E-state index contributed by atoms with van der Waals surface area (Å²) in [5.41, 5.74) is 1.01. The predicted octanol–water partition coefficient (Wildman–Crippen LogP) is 3.23. The standard InChI is InChI=1S/C18H17NO4/c1-3-22-18-10-13(11-19)4-9-17(18)23-12-16(20)14-5-7-15(21-2)8-6-14/h4-10H,3,12H2,1-2H3. The van der Waals surface area contributed by atoms with E-state index in [0.717, 1.165) is 0 Å². The van der Waals surface area contributed by atoms with E-state index < -0.39 is 0 Å². The lowest BCUT2D eigenvalue weighted by Crippen LogP contribution is -2.12. The minimum atomic E-state index is -0.153. The van der Waals surface area contributed by atoms with Gasteiger partial charge in [0.25, 0.3) is 0 Å². The zero-order valence-electron chi connectivity index (χ0n) is 13.0. The molecule has 0 aliphatic carbocycles. The number of benzene rings is 2. The lowest BCUT2D eigenvalue weighted by molar-refractivity contribution is 0.0919. The number of nitrogens with zero attached hydrogens (tertiary/aromatic N) is 1. The first-order valence-corrected chi connectivity index (χ1v) is 7.15. The summed E-state index contributed by atoms with van der Waals surface area (Å²) in [6, 6.07) is 13.7. The molecule has 0 N–H and O–H groups in total. The van der Waals surface area contributed by atoms with Crippen LogP contribution in [0.15, 0.2) is 42.5 Å². The van der Waals surface area contributed by atoms with Crippen molar-refractivity contribution in [3.8, 4) is 23.3 Å². The average molecular weight is 311 g/mol. The molecule has 0 heterocycles. The molecule has 0 saturated carbocycles. The minimum Gasteiger partial charge on any atom is -0.497 e. The molecule has 2 rings (SSSR count). The molecule has 23 heavy (non-hydrogen) atoms. The normalized spacial score (nSPS) is 9.78. The SMILES string of the molecule is CCOc1cc(C#N)ccc1OCC(=O)c1ccc(OC)cc1. The molecule has 0 aliphatic heterocycles. The maximum atomic E-state index is 12.2. The van der Waals surface area contributed by atoms with E-state index in [0.29, 0.717) is 35.0 Å². The van der Waals surface area contributed by atoms with Gasteiger partial charge in [-0.1, -0.05) is 0 Å². The van der Waals surface area contributed by atoms with Gasteiger partial charge in [0.2, 0.25) is 0 Å². The molecule has 2 aromatic rings. The van der Waals surface area contributed by atoms with E-state index in [-0.39, 0.29) is 12.4 Å². The third-order valence-corrected chi connectivity index (χ3v) is 3.14. The maximum absolute atomic E-state index is 12.2. The van der Waals surface area contributed by atoms with E-state index >= 15 is 0 Å². The number of hydrogen-bond donors (Lipinski definition) is 0. The molecular weight excluding hydrogens is 294 g/mol. The van der Waals surface area contributed by atoms with Crippen LogP contribution >= 0.6 is 0 Å². The van der Waals surface area contributed by atoms with Crippen molar-refractivity contribution in [3.63, 3.8) is 0 Å². The quantitative estimate of drug-likeness (QED) is 0.734. The van der Waals surface area contributed by atoms with E-state index in [9.17, 15) is 4.79 Å². The van der Waals surface area contributed by atoms with Crippen LogP contribution in [0.25, 0.3) is 0 Å². The molecule has 5 nitrogen and oxygen atoms in total. The number of rotatable bonds is 7. The summed E-state index contributed by atoms with van der Waals surface area (Å²) in [5, 5.41) is 8.92. The molecule has 0 radical (unpaired) electrons. The highest BCUT2D eigenvalue weighted by Gasteiger charge is 2.11. The second kappa shape index (κ2) is 7.85. The Balaban J connectivity index is 2.07. The van der Waals surface area contributed by atoms with Crippen LogP contribution in [0.3, 0.4) is 0 Å². The Morgan fingerprint density at radius 2 is 1.83 bits per heavy atom. The fraction of sp³-hybridized carbons (Fsp3) is 0.222. The fourth-order valence-corrected chi connectivity index (χ4v) is 1.97. The highest BCUT2D eigenvalue weighted by molar-refractivity contribution is 5.97. The molecule has 118 valence electrons. The molecule has 0 atom stereocenters. The fourth-order valence-electron chi connectivity index (χ4n) is 1.97. The lowest BCUT2D eigenvalue weighted by Gasteiger charge is -2.11. The number of Topliss-reactive ketones (excluding diaryl/α,β-unsaturated/α-hetero) is 1. The lowest BCUT2D eigenvalue weighted by atomic mass is 10.1. The molecule has 2 aromatic carbocycles. The molecule has 0 saturated heterocycles. The summed E-state index contributed by atoms with van der Waals surface area (Å²) < 4.78 is 16.0. The highest BCUT2D eigenvalue weighted by atomic mass is 16.5. The Morgan fingerprint density at radius 3 is 2.43 bits per heavy atom. The van der Waals surface area contributed by atoms with Crippen molar-refractivity contribution < 1.29 is 19.0 Å². The number of methoxy groups -OCH3 is 1. The van der Waals surface area contributed by atoms with Crippen LogP contribution in [0.2, 0.25) is 0 Å². The summed E-state index contributed by atoms with van der Waals surface area (Å²) in [6.45, 7) is 2.17. The summed E-state index contributed by atoms with van der Waals surface area (Å²) in [4.78, 5) is 12.2. The van der Waals surface area contributed by atoms with Gasteiger partial charge in [0.05, 0.1) is 25.3 Å². The molecular formula is C18H17NO4. The average Bonchev–Trinajstić information content (AvgIpc) is 2.60. The van der Waals surface area contributed by atoms with Crippen LogP contribution in [-0.4, -0.2) is 26.1 Å². The van der Waals surface area contributed by atoms with E-state index in [4.69, 9.17) is 19.5 Å². The largest absolute Gasteiger partial charge is 0.497 e. The van der Waals surface area contributed by atoms with Crippen LogP contribution in [-0.2, 0) is 0 Å². The van der Waals surface area contributed by atoms with Gasteiger partial charge in [0.15, 0.2) is 23.9 Å². The summed E-state index contributed by atoms with van der Waals surface area (Å²) in [7, 11) is 1.57. The van der Waals surface area contributed by atoms with E-state index in [2.05, 4.69) is 0 Å². The van der Waals surface area contributed by atoms with Crippen molar-refractivity contribution in [2.75, 3.05) is 20.3 Å². The van der Waals surface area contributed by atoms with Gasteiger partial charge in [0, 0.05) is 11.6 Å². The van der Waals surface area contributed by atoms with Crippen LogP contribution < -0.4 is 14.2 Å². The number of nitriles is 1. The van der Waals surface area contributed by atoms with Gasteiger partial charge >= 0.3 is 0 Å². The van der Waals surface area contributed by atoms with Gasteiger partial charge in [0.1, 0.15) is 5.75 Å². The first kappa shape index (κ1) is 16.4. The van der Waals surface area contributed by atoms with Gasteiger partial charge in [-0.15, -0.1) is 0 Å². The van der Waals surface area contributed by atoms with Gasteiger partial charge in [-0.05, 0) is 43.3 Å². The molecule has 5 heteroatoms. The summed E-state index contributed by atoms with van der Waals surface area (Å²) in [5.74, 6) is 1.43. The number of carbonyl (C=O) groups excluding carboxylic acids is 1. The molecule has 0 fully saturated rings. The van der Waals surface area contributed by atoms with Crippen molar-refractivity contribution in [1.29, 1.82) is 5.26 Å². The van der Waals surface area contributed by atoms with Crippen LogP contribution in [0.1, 0.15) is 22.8 Å². The number of ether oxygens (including phenoxy) is 3. The first-order chi connectivity index (χ1) is 11.2. The Hall–Kier alpha value is -3.00. The number of carbonyl (C=O) groups is 1. The molecule has 0 unspecified atom stereocenters. The maximum Gasteiger partial charge on any atom is 0.200 e. The molecule has 0 bridgehead atoms. The predicted molar refractivity (Wildman–Crippen MR) is 85.1 cm³/mol. The van der Waals surface area contributed by atoms with Crippen molar-refractivity contribution in [3.05, 3.63) is 53.6 Å². The smallest absolute Gasteiger partial charge is 0.200 e. The second-order valence-electron chi connectivity index (χ2n) is 4.65. The third kappa shape index (κ3) is 4.24. The van der Waals surface area contributed by atoms with E-state index in [1.165, 1.54) is 0 Å². The van der Waals surface area contributed by atoms with Crippen molar-refractivity contribution >= 4 is 5.78 Å². The zero-order chi connectivity index (χ0) is 16.7. The van der Waals surface area contributed by atoms with Gasteiger partial charge < -0.3 is 14.2 Å². The molecule has 0 aromatic heterocycles. The van der Waals surface area contributed by atoms with E-state index in [1.807, 2.05) is 13.0 Å². The minimum absolute atomic E-state index is 0.113. The van der Waals surface area contributed by atoms with Crippen LogP contribution in [0, 0.1) is 11.3 Å². The topological polar surface area (TPSA) is 68.5 Å². The van der Waals surface area contributed by atoms with Gasteiger partial charge in [-0.25, -0.2) is 0 Å². The summed E-state index contributed by atoms with van der Waals surface area (Å²) in [6.07, 6.45) is 0. The highest BCUT2D eigenvalue weighted by Crippen LogP contribution is 2.28. The molecule has 0 aliphatic rings. The third-order valence-electron chi connectivity index (χ3n) is 3.14. The Kier molecular flexibility index (Phi) is 5.59. The van der Waals surface area contributed by atoms with Crippen molar-refractivity contribution in [1.82, 2.24) is 0 Å². The Morgan fingerprint density at radius 1 is 1.09 bits per heavy atom. The van der Waals surface area contributed by atoms with Crippen LogP contribution in [0.4, 0.5) is 0 Å². The number of ketones is 1. The Labute approximate surface area is 135 Å². The molecule has 0 amide bonds. The van der Waals surface area contributed by atoms with Crippen molar-refractivity contribution in [2.45, 2.75) is 6.92 Å². The van der Waals surface area contributed by atoms with Crippen LogP contribution in [0.5, 0.6) is 17.2 Å². The van der Waals surface area contributed by atoms with Crippen molar-refractivity contribution in [2.24, 2.45) is 0 Å². The van der Waals surface area contributed by atoms with E-state index in [1.54, 1.807) is 49.6 Å². The zero-order valence-corrected chi connectivity index (χ0v) is 13.0. The van der Waals surface area contributed by atoms with Gasteiger partial charge in [-0.2, -0.15) is 5.26 Å². The monoisotopic (exact) mass is 311 g/mol.